The molecule has 3 atom stereocenters. The third-order valence-corrected chi connectivity index (χ3v) is 7.89. The van der Waals surface area contributed by atoms with Gasteiger partial charge in [-0.15, -0.1) is 5.73 Å². The van der Waals surface area contributed by atoms with Crippen molar-refractivity contribution in [2.24, 2.45) is 23.5 Å². The lowest BCUT2D eigenvalue weighted by Gasteiger charge is -2.42. The largest absolute Gasteiger partial charge is 0.511 e. The van der Waals surface area contributed by atoms with Crippen molar-refractivity contribution in [1.29, 1.82) is 0 Å². The van der Waals surface area contributed by atoms with Gasteiger partial charge in [-0.2, -0.15) is 0 Å². The first-order valence-electron chi connectivity index (χ1n) is 12.3. The van der Waals surface area contributed by atoms with Crippen LogP contribution in [0, 0.1) is 17.8 Å². The molecule has 3 unspecified atom stereocenters. The summed E-state index contributed by atoms with van der Waals surface area (Å²) in [6.07, 6.45) is 4.48. The number of primary amides is 1. The van der Waals surface area contributed by atoms with Crippen LogP contribution in [0.3, 0.4) is 0 Å². The van der Waals surface area contributed by atoms with E-state index in [-0.39, 0.29) is 52.3 Å². The highest BCUT2D eigenvalue weighted by molar-refractivity contribution is 6.18. The van der Waals surface area contributed by atoms with Gasteiger partial charge in [-0.05, 0) is 48.4 Å². The smallest absolute Gasteiger partial charge is 0.253 e. The molecule has 0 aliphatic heterocycles. The zero-order chi connectivity index (χ0) is 26.9. The molecule has 4 N–H and O–H groups in total. The quantitative estimate of drug-likeness (QED) is 0.446. The zero-order valence-corrected chi connectivity index (χ0v) is 21.0. The van der Waals surface area contributed by atoms with Crippen molar-refractivity contribution in [2.75, 3.05) is 19.0 Å². The lowest BCUT2D eigenvalue weighted by atomic mass is 9.61. The van der Waals surface area contributed by atoms with E-state index in [4.69, 9.17) is 10.2 Å². The van der Waals surface area contributed by atoms with Crippen molar-refractivity contribution in [3.63, 3.8) is 0 Å². The number of carbonyl (C=O) groups excluding carboxylic acids is 2. The molecular weight excluding hydrogens is 484 g/mol. The van der Waals surface area contributed by atoms with E-state index < -0.39 is 11.8 Å². The molecule has 1 amide bonds. The molecule has 9 nitrogen and oxygen atoms in total. The highest BCUT2D eigenvalue weighted by atomic mass is 16.3. The second-order valence-corrected chi connectivity index (χ2v) is 10.2. The van der Waals surface area contributed by atoms with E-state index in [1.807, 2.05) is 25.1 Å². The van der Waals surface area contributed by atoms with Crippen molar-refractivity contribution in [3.05, 3.63) is 82.3 Å². The van der Waals surface area contributed by atoms with Gasteiger partial charge in [-0.25, -0.2) is 4.98 Å². The van der Waals surface area contributed by atoms with E-state index in [0.29, 0.717) is 35.4 Å². The van der Waals surface area contributed by atoms with Crippen LogP contribution in [0.5, 0.6) is 0 Å². The van der Waals surface area contributed by atoms with Crippen LogP contribution in [0.25, 0.3) is 22.6 Å². The fraction of sp³-hybridized carbons (Fsp3) is 0.276. The molecule has 1 aromatic carbocycles. The van der Waals surface area contributed by atoms with Crippen LogP contribution in [0.15, 0.2) is 75.6 Å². The molecule has 0 bridgehead atoms. The van der Waals surface area contributed by atoms with Gasteiger partial charge in [0.2, 0.25) is 5.89 Å². The van der Waals surface area contributed by atoms with Gasteiger partial charge in [0.25, 0.3) is 5.91 Å². The lowest BCUT2D eigenvalue weighted by molar-refractivity contribution is -0.114. The van der Waals surface area contributed by atoms with E-state index in [0.717, 1.165) is 16.8 Å². The maximum atomic E-state index is 14.2. The number of fused-ring (bicyclic) bond motifs is 5. The number of carbonyl (C=O) groups is 2. The van der Waals surface area contributed by atoms with Crippen molar-refractivity contribution in [1.82, 2.24) is 9.97 Å². The highest BCUT2D eigenvalue weighted by Gasteiger charge is 2.49. The molecule has 3 aliphatic rings. The molecule has 0 saturated carbocycles. The molecule has 2 aromatic heterocycles. The number of anilines is 1. The number of aromatic nitrogens is 2. The van der Waals surface area contributed by atoms with E-state index in [2.05, 4.69) is 22.3 Å². The first kappa shape index (κ1) is 23.8. The minimum absolute atomic E-state index is 0.0926. The monoisotopic (exact) mass is 510 g/mol. The molecule has 6 rings (SSSR count). The number of pyridine rings is 1. The average molecular weight is 511 g/mol. The maximum absolute atomic E-state index is 14.2. The number of Topliss-reactive ketones (excluding diaryl/α,β-unsaturated/α-hetero) is 1. The molecule has 0 fully saturated rings. The Morgan fingerprint density at radius 3 is 2.63 bits per heavy atom. The van der Waals surface area contributed by atoms with Crippen LogP contribution in [0.1, 0.15) is 28.8 Å². The van der Waals surface area contributed by atoms with Crippen LogP contribution in [0.2, 0.25) is 0 Å². The van der Waals surface area contributed by atoms with Crippen LogP contribution in [-0.2, 0) is 11.2 Å². The number of hydrogen-bond acceptors (Lipinski definition) is 8. The molecule has 9 heteroatoms. The predicted molar refractivity (Wildman–Crippen MR) is 140 cm³/mol. The first-order valence-corrected chi connectivity index (χ1v) is 12.3. The minimum atomic E-state index is -0.824. The molecule has 3 aliphatic carbocycles. The van der Waals surface area contributed by atoms with Crippen molar-refractivity contribution in [2.45, 2.75) is 19.3 Å². The first-order chi connectivity index (χ1) is 18.2. The second-order valence-electron chi connectivity index (χ2n) is 10.2. The van der Waals surface area contributed by atoms with Gasteiger partial charge in [0.15, 0.2) is 11.4 Å². The number of aliphatic hydroxyl groups is 2. The predicted octanol–water partition coefficient (Wildman–Crippen LogP) is 4.17. The van der Waals surface area contributed by atoms with Crippen molar-refractivity contribution < 1.29 is 24.2 Å². The Morgan fingerprint density at radius 1 is 1.24 bits per heavy atom. The van der Waals surface area contributed by atoms with Gasteiger partial charge in [0, 0.05) is 55.3 Å². The summed E-state index contributed by atoms with van der Waals surface area (Å²) >= 11 is 0. The number of ketones is 1. The third-order valence-electron chi connectivity index (χ3n) is 7.89. The number of nitrogens with zero attached hydrogens (tertiary/aromatic N) is 3. The molecular formula is C29H26N4O5. The van der Waals surface area contributed by atoms with Crippen molar-refractivity contribution in [3.8, 4) is 11.5 Å². The number of oxazole rings is 1. The summed E-state index contributed by atoms with van der Waals surface area (Å²) in [5.74, 6) is -2.27. The molecule has 0 spiro atoms. The summed E-state index contributed by atoms with van der Waals surface area (Å²) in [6.45, 7) is 3.67. The minimum Gasteiger partial charge on any atom is -0.511 e. The number of aliphatic hydroxyl groups excluding tert-OH is 2. The van der Waals surface area contributed by atoms with Gasteiger partial charge in [0.1, 0.15) is 17.0 Å². The lowest BCUT2D eigenvalue weighted by Crippen LogP contribution is -2.40. The number of nitrogens with two attached hydrogens (primary N) is 1. The summed E-state index contributed by atoms with van der Waals surface area (Å²) in [6, 6.07) is 5.48. The van der Waals surface area contributed by atoms with Crippen molar-refractivity contribution >= 4 is 28.5 Å². The number of amides is 1. The average Bonchev–Trinajstić information content (AvgIpc) is 3.31. The standard InChI is InChI=1S/C29H26N4O5/c1-4-16-21-15(11-20(34)23(16)28(30)37)9-14-10-17-19(33(2)3)12-18-27(24(17)26(36)22(14)25(21)35)38-29(32-18)13-5-7-31-8-6-13/h5-8,12,14-15,21,34-35H,1,9-11H2,2-3H3,(H2,30,37). The number of rotatable bonds is 3. The molecule has 0 radical (unpaired) electrons. The Labute approximate surface area is 218 Å². The second kappa shape index (κ2) is 8.46. The number of benzene rings is 1. The molecule has 38 heavy (non-hydrogen) atoms. The maximum Gasteiger partial charge on any atom is 0.253 e. The third kappa shape index (κ3) is 3.32. The normalized spacial score (nSPS) is 22.6. The van der Waals surface area contributed by atoms with E-state index in [1.165, 1.54) is 0 Å². The Hall–Kier alpha value is -4.62. The van der Waals surface area contributed by atoms with Gasteiger partial charge in [-0.3, -0.25) is 14.6 Å². The molecule has 2 heterocycles. The summed E-state index contributed by atoms with van der Waals surface area (Å²) in [7, 11) is 3.82. The van der Waals surface area contributed by atoms with Gasteiger partial charge in [0.05, 0.1) is 17.1 Å². The highest BCUT2D eigenvalue weighted by Crippen LogP contribution is 2.53. The van der Waals surface area contributed by atoms with Gasteiger partial charge in [-0.1, -0.05) is 6.58 Å². The summed E-state index contributed by atoms with van der Waals surface area (Å²) in [4.78, 5) is 37.0. The SMILES string of the molecule is C=C=C1C(C(N)=O)=C(O)CC2CC3Cc4c(N(C)C)cc5nc(-c6ccncc6)oc5c4C(=O)C3=C(O)C12. The van der Waals surface area contributed by atoms with Gasteiger partial charge >= 0.3 is 0 Å². The fourth-order valence-electron chi connectivity index (χ4n) is 6.35. The molecule has 0 saturated heterocycles. The molecule has 3 aromatic rings. The Balaban J connectivity index is 1.56. The molecule has 192 valence electrons. The topological polar surface area (TPSA) is 143 Å². The Kier molecular flexibility index (Phi) is 5.29. The van der Waals surface area contributed by atoms with Crippen LogP contribution in [0.4, 0.5) is 5.69 Å². The van der Waals surface area contributed by atoms with Gasteiger partial charge < -0.3 is 25.3 Å². The number of allylic oxidation sites excluding steroid dienone is 3. The Morgan fingerprint density at radius 2 is 1.97 bits per heavy atom. The summed E-state index contributed by atoms with van der Waals surface area (Å²) in [5.41, 5.74) is 12.3. The van der Waals surface area contributed by atoms with Crippen LogP contribution >= 0.6 is 0 Å². The summed E-state index contributed by atoms with van der Waals surface area (Å²) in [5, 5.41) is 22.2. The fourth-order valence-corrected chi connectivity index (χ4v) is 6.35. The number of hydrogen-bond donors (Lipinski definition) is 3. The van der Waals surface area contributed by atoms with E-state index >= 15 is 0 Å². The van der Waals surface area contributed by atoms with E-state index in [9.17, 15) is 19.8 Å². The zero-order valence-electron chi connectivity index (χ0n) is 21.0. The van der Waals surface area contributed by atoms with Crippen LogP contribution in [-0.4, -0.2) is 46.0 Å². The summed E-state index contributed by atoms with van der Waals surface area (Å²) < 4.78 is 6.17. The Bertz CT molecular complexity index is 1660. The van der Waals surface area contributed by atoms with E-state index in [1.54, 1.807) is 24.5 Å². The van der Waals surface area contributed by atoms with Crippen LogP contribution < -0.4 is 10.6 Å².